The maximum Gasteiger partial charge on any atom is 0.236 e. The standard InChI is InChI=1S/C12H24N2O3/c1-16-6-3-5-11(13)12(15)14-8-10-4-2-7-17-9-10/h10-11H,2-9,13H2,1H3,(H,14,15). The van der Waals surface area contributed by atoms with Gasteiger partial charge in [0, 0.05) is 26.9 Å². The van der Waals surface area contributed by atoms with Crippen molar-refractivity contribution in [2.45, 2.75) is 31.7 Å². The van der Waals surface area contributed by atoms with Crippen LogP contribution in [0, 0.1) is 5.92 Å². The second-order valence-electron chi connectivity index (χ2n) is 4.57. The van der Waals surface area contributed by atoms with Crippen molar-refractivity contribution in [2.24, 2.45) is 11.7 Å². The van der Waals surface area contributed by atoms with Crippen molar-refractivity contribution < 1.29 is 14.3 Å². The van der Waals surface area contributed by atoms with Crippen LogP contribution in [-0.2, 0) is 14.3 Å². The Morgan fingerprint density at radius 2 is 2.47 bits per heavy atom. The molecule has 0 aliphatic carbocycles. The predicted octanol–water partition coefficient (Wildman–Crippen LogP) is 0.283. The molecule has 3 N–H and O–H groups in total. The number of carbonyl (C=O) groups is 1. The molecule has 17 heavy (non-hydrogen) atoms. The molecule has 1 amide bonds. The fraction of sp³-hybridized carbons (Fsp3) is 0.917. The SMILES string of the molecule is COCCCC(N)C(=O)NCC1CCCOC1. The van der Waals surface area contributed by atoms with Gasteiger partial charge in [-0.15, -0.1) is 0 Å². The van der Waals surface area contributed by atoms with Crippen molar-refractivity contribution >= 4 is 5.91 Å². The first-order valence-electron chi connectivity index (χ1n) is 6.34. The molecule has 0 aromatic heterocycles. The number of carbonyl (C=O) groups excluding carboxylic acids is 1. The van der Waals surface area contributed by atoms with Gasteiger partial charge in [0.05, 0.1) is 12.6 Å². The normalized spacial score (nSPS) is 22.1. The van der Waals surface area contributed by atoms with Crippen LogP contribution in [0.15, 0.2) is 0 Å². The van der Waals surface area contributed by atoms with Crippen molar-refractivity contribution in [2.75, 3.05) is 33.5 Å². The minimum absolute atomic E-state index is 0.0633. The Bertz CT molecular complexity index is 218. The number of rotatable bonds is 7. The minimum atomic E-state index is -0.422. The number of nitrogens with one attached hydrogen (secondary N) is 1. The molecule has 0 aromatic rings. The molecule has 1 aliphatic heterocycles. The van der Waals surface area contributed by atoms with Gasteiger partial charge in [0.15, 0.2) is 0 Å². The van der Waals surface area contributed by atoms with Gasteiger partial charge in [-0.3, -0.25) is 4.79 Å². The molecule has 100 valence electrons. The molecule has 1 fully saturated rings. The molecule has 0 bridgehead atoms. The van der Waals surface area contributed by atoms with Gasteiger partial charge in [-0.05, 0) is 31.6 Å². The van der Waals surface area contributed by atoms with E-state index in [-0.39, 0.29) is 5.91 Å². The first kappa shape index (κ1) is 14.4. The van der Waals surface area contributed by atoms with Crippen LogP contribution in [0.4, 0.5) is 0 Å². The van der Waals surface area contributed by atoms with Crippen LogP contribution >= 0.6 is 0 Å². The summed E-state index contributed by atoms with van der Waals surface area (Å²) in [4.78, 5) is 11.7. The van der Waals surface area contributed by atoms with Crippen molar-refractivity contribution in [3.63, 3.8) is 0 Å². The third-order valence-corrected chi connectivity index (χ3v) is 3.02. The topological polar surface area (TPSA) is 73.6 Å². The van der Waals surface area contributed by atoms with Crippen molar-refractivity contribution in [1.29, 1.82) is 0 Å². The maximum absolute atomic E-state index is 11.7. The summed E-state index contributed by atoms with van der Waals surface area (Å²) in [5, 5.41) is 2.89. The number of hydrogen-bond donors (Lipinski definition) is 2. The Hall–Kier alpha value is -0.650. The van der Waals surface area contributed by atoms with Gasteiger partial charge in [0.2, 0.25) is 5.91 Å². The molecule has 0 saturated carbocycles. The highest BCUT2D eigenvalue weighted by Gasteiger charge is 2.17. The molecule has 0 radical (unpaired) electrons. The van der Waals surface area contributed by atoms with Gasteiger partial charge < -0.3 is 20.5 Å². The third-order valence-electron chi connectivity index (χ3n) is 3.02. The second-order valence-corrected chi connectivity index (χ2v) is 4.57. The zero-order chi connectivity index (χ0) is 12.5. The summed E-state index contributed by atoms with van der Waals surface area (Å²) < 4.78 is 10.3. The summed E-state index contributed by atoms with van der Waals surface area (Å²) in [5.74, 6) is 0.380. The van der Waals surface area contributed by atoms with E-state index in [9.17, 15) is 4.79 Å². The highest BCUT2D eigenvalue weighted by Crippen LogP contribution is 2.12. The summed E-state index contributed by atoms with van der Waals surface area (Å²) >= 11 is 0. The molecule has 1 saturated heterocycles. The van der Waals surface area contributed by atoms with E-state index < -0.39 is 6.04 Å². The van der Waals surface area contributed by atoms with Crippen molar-refractivity contribution in [3.8, 4) is 0 Å². The largest absolute Gasteiger partial charge is 0.385 e. The number of ether oxygens (including phenoxy) is 2. The lowest BCUT2D eigenvalue weighted by Crippen LogP contribution is -2.43. The fourth-order valence-corrected chi connectivity index (χ4v) is 1.92. The first-order chi connectivity index (χ1) is 8.24. The Kier molecular flexibility index (Phi) is 7.16. The highest BCUT2D eigenvalue weighted by molar-refractivity contribution is 5.81. The van der Waals surface area contributed by atoms with Crippen LogP contribution in [0.25, 0.3) is 0 Å². The van der Waals surface area contributed by atoms with Crippen LogP contribution in [0.5, 0.6) is 0 Å². The van der Waals surface area contributed by atoms with Crippen LogP contribution in [-0.4, -0.2) is 45.4 Å². The molecule has 1 heterocycles. The molecule has 2 atom stereocenters. The van der Waals surface area contributed by atoms with Crippen LogP contribution in [0.1, 0.15) is 25.7 Å². The molecule has 5 nitrogen and oxygen atoms in total. The lowest BCUT2D eigenvalue weighted by molar-refractivity contribution is -0.122. The number of hydrogen-bond acceptors (Lipinski definition) is 4. The average molecular weight is 244 g/mol. The van der Waals surface area contributed by atoms with Gasteiger partial charge in [-0.2, -0.15) is 0 Å². The quantitative estimate of drug-likeness (QED) is 0.631. The third kappa shape index (κ3) is 6.00. The van der Waals surface area contributed by atoms with Crippen LogP contribution < -0.4 is 11.1 Å². The monoisotopic (exact) mass is 244 g/mol. The first-order valence-corrected chi connectivity index (χ1v) is 6.34. The Morgan fingerprint density at radius 3 is 3.12 bits per heavy atom. The van der Waals surface area contributed by atoms with Crippen LogP contribution in [0.3, 0.4) is 0 Å². The van der Waals surface area contributed by atoms with Gasteiger partial charge in [-0.1, -0.05) is 0 Å². The maximum atomic E-state index is 11.7. The molecule has 0 aromatic carbocycles. The van der Waals surface area contributed by atoms with Gasteiger partial charge in [0.1, 0.15) is 0 Å². The summed E-state index contributed by atoms with van der Waals surface area (Å²) in [6.07, 6.45) is 3.69. The van der Waals surface area contributed by atoms with Crippen molar-refractivity contribution in [3.05, 3.63) is 0 Å². The molecule has 5 heteroatoms. The average Bonchev–Trinajstić information content (AvgIpc) is 2.37. The number of amides is 1. The van der Waals surface area contributed by atoms with E-state index in [1.807, 2.05) is 0 Å². The Labute approximate surface area is 103 Å². The van der Waals surface area contributed by atoms with Crippen LogP contribution in [0.2, 0.25) is 0 Å². The number of nitrogens with two attached hydrogens (primary N) is 1. The predicted molar refractivity (Wildman–Crippen MR) is 65.6 cm³/mol. The molecular formula is C12H24N2O3. The molecule has 0 spiro atoms. The lowest BCUT2D eigenvalue weighted by atomic mass is 10.0. The van der Waals surface area contributed by atoms with E-state index >= 15 is 0 Å². The van der Waals surface area contributed by atoms with E-state index in [1.165, 1.54) is 0 Å². The van der Waals surface area contributed by atoms with E-state index in [0.717, 1.165) is 32.5 Å². The van der Waals surface area contributed by atoms with Gasteiger partial charge in [-0.25, -0.2) is 0 Å². The lowest BCUT2D eigenvalue weighted by Gasteiger charge is -2.23. The summed E-state index contributed by atoms with van der Waals surface area (Å²) in [6.45, 7) is 2.93. The minimum Gasteiger partial charge on any atom is -0.385 e. The highest BCUT2D eigenvalue weighted by atomic mass is 16.5. The number of methoxy groups -OCH3 is 1. The van der Waals surface area contributed by atoms with Crippen molar-refractivity contribution in [1.82, 2.24) is 5.32 Å². The summed E-state index contributed by atoms with van der Waals surface area (Å²) in [6, 6.07) is -0.422. The summed E-state index contributed by atoms with van der Waals surface area (Å²) in [5.41, 5.74) is 5.77. The van der Waals surface area contributed by atoms with E-state index in [1.54, 1.807) is 7.11 Å². The molecular weight excluding hydrogens is 220 g/mol. The molecule has 1 aliphatic rings. The van der Waals surface area contributed by atoms with Gasteiger partial charge >= 0.3 is 0 Å². The molecule has 2 unspecified atom stereocenters. The van der Waals surface area contributed by atoms with E-state index in [2.05, 4.69) is 5.32 Å². The Morgan fingerprint density at radius 1 is 1.65 bits per heavy atom. The summed E-state index contributed by atoms with van der Waals surface area (Å²) in [7, 11) is 1.65. The zero-order valence-electron chi connectivity index (χ0n) is 10.6. The second kappa shape index (κ2) is 8.44. The molecule has 1 rings (SSSR count). The van der Waals surface area contributed by atoms with Gasteiger partial charge in [0.25, 0.3) is 0 Å². The van der Waals surface area contributed by atoms with E-state index in [4.69, 9.17) is 15.2 Å². The van der Waals surface area contributed by atoms with E-state index in [0.29, 0.717) is 25.5 Å². The smallest absolute Gasteiger partial charge is 0.236 e. The Balaban J connectivity index is 2.10. The fourth-order valence-electron chi connectivity index (χ4n) is 1.92. The zero-order valence-corrected chi connectivity index (χ0v) is 10.6.